The smallest absolute Gasteiger partial charge is 0.335 e. The molecule has 4 aromatic rings. The Morgan fingerprint density at radius 2 is 1.70 bits per heavy atom. The molecule has 192 valence electrons. The first-order valence-electron chi connectivity index (χ1n) is 11.9. The Morgan fingerprint density at radius 1 is 0.973 bits per heavy atom. The van der Waals surface area contributed by atoms with Crippen LogP contribution < -0.4 is 0 Å². The number of hydrogen-bond donors (Lipinski definition) is 0. The summed E-state index contributed by atoms with van der Waals surface area (Å²) in [4.78, 5) is 21.4. The van der Waals surface area contributed by atoms with Crippen LogP contribution in [0.4, 0.5) is 13.2 Å². The van der Waals surface area contributed by atoms with Gasteiger partial charge in [0.1, 0.15) is 0 Å². The van der Waals surface area contributed by atoms with E-state index in [9.17, 15) is 18.0 Å². The zero-order chi connectivity index (χ0) is 26.3. The summed E-state index contributed by atoms with van der Waals surface area (Å²) in [5.74, 6) is -0.413. The summed E-state index contributed by atoms with van der Waals surface area (Å²) in [6.45, 7) is 6.60. The molecule has 1 fully saturated rings. The number of nitrogens with zero attached hydrogens (tertiary/aromatic N) is 5. The van der Waals surface area contributed by atoms with Gasteiger partial charge in [-0.2, -0.15) is 18.3 Å². The Bertz CT molecular complexity index is 1470. The van der Waals surface area contributed by atoms with Crippen LogP contribution in [0.25, 0.3) is 16.9 Å². The Kier molecular flexibility index (Phi) is 6.68. The monoisotopic (exact) mass is 527 g/mol. The number of piperazine rings is 1. The zero-order valence-electron chi connectivity index (χ0n) is 20.4. The van der Waals surface area contributed by atoms with Gasteiger partial charge in [0, 0.05) is 49.4 Å². The maximum atomic E-state index is 14.0. The van der Waals surface area contributed by atoms with Gasteiger partial charge in [0.05, 0.1) is 5.69 Å². The summed E-state index contributed by atoms with van der Waals surface area (Å²) in [6.07, 6.45) is -4.67. The summed E-state index contributed by atoms with van der Waals surface area (Å²) in [5.41, 5.74) is 2.67. The van der Waals surface area contributed by atoms with Gasteiger partial charge in [0.2, 0.25) is 0 Å². The lowest BCUT2D eigenvalue weighted by molar-refractivity contribution is -0.142. The number of aromatic nitrogens is 3. The molecule has 1 saturated heterocycles. The molecule has 1 aliphatic heterocycles. The van der Waals surface area contributed by atoms with Gasteiger partial charge in [0.15, 0.2) is 17.0 Å². The molecule has 0 radical (unpaired) electrons. The topological polar surface area (TPSA) is 53.7 Å². The highest BCUT2D eigenvalue weighted by molar-refractivity contribution is 6.31. The SMILES string of the molecule is Cc1ccc(-c2cc(C(F)(F)F)n3nc(C(=O)N4CCN(Cc5ccccc5Cl)CC4)cc3n2)cc1C. The molecule has 6 nitrogen and oxygen atoms in total. The van der Waals surface area contributed by atoms with E-state index < -0.39 is 17.8 Å². The van der Waals surface area contributed by atoms with Crippen molar-refractivity contribution in [1.29, 1.82) is 0 Å². The second-order valence-corrected chi connectivity index (χ2v) is 9.69. The average Bonchev–Trinajstić information content (AvgIpc) is 3.30. The van der Waals surface area contributed by atoms with Crippen molar-refractivity contribution in [3.63, 3.8) is 0 Å². The van der Waals surface area contributed by atoms with Crippen LogP contribution in [-0.4, -0.2) is 56.5 Å². The first-order valence-corrected chi connectivity index (χ1v) is 12.3. The van der Waals surface area contributed by atoms with E-state index in [1.807, 2.05) is 44.2 Å². The van der Waals surface area contributed by atoms with Crippen molar-refractivity contribution in [3.8, 4) is 11.3 Å². The number of aryl methyl sites for hydroxylation is 2. The second-order valence-electron chi connectivity index (χ2n) is 9.28. The van der Waals surface area contributed by atoms with Gasteiger partial charge in [-0.3, -0.25) is 9.69 Å². The number of fused-ring (bicyclic) bond motifs is 1. The molecule has 0 saturated carbocycles. The van der Waals surface area contributed by atoms with Crippen molar-refractivity contribution in [3.05, 3.63) is 87.7 Å². The van der Waals surface area contributed by atoms with E-state index in [1.54, 1.807) is 17.0 Å². The van der Waals surface area contributed by atoms with Crippen LogP contribution in [0.15, 0.2) is 54.6 Å². The number of benzene rings is 2. The fourth-order valence-electron chi connectivity index (χ4n) is 4.47. The van der Waals surface area contributed by atoms with Crippen molar-refractivity contribution in [2.75, 3.05) is 26.2 Å². The summed E-state index contributed by atoms with van der Waals surface area (Å²) in [7, 11) is 0. The molecule has 10 heteroatoms. The highest BCUT2D eigenvalue weighted by atomic mass is 35.5. The highest BCUT2D eigenvalue weighted by Crippen LogP contribution is 2.33. The predicted molar refractivity (Wildman–Crippen MR) is 136 cm³/mol. The number of halogens is 4. The molecule has 3 heterocycles. The molecule has 5 rings (SSSR count). The van der Waals surface area contributed by atoms with E-state index in [1.165, 1.54) is 6.07 Å². The first kappa shape index (κ1) is 25.2. The Labute approximate surface area is 217 Å². The molecule has 37 heavy (non-hydrogen) atoms. The van der Waals surface area contributed by atoms with E-state index in [0.717, 1.165) is 22.8 Å². The standard InChI is InChI=1S/C27H25ClF3N5O/c1-17-7-8-19(13-18(17)2)22-14-24(27(29,30)31)36-25(32-22)15-23(33-36)26(37)35-11-9-34(10-12-35)16-20-5-3-4-6-21(20)28/h3-8,13-15H,9-12,16H2,1-2H3. The van der Waals surface area contributed by atoms with Gasteiger partial charge in [-0.05, 0) is 48.7 Å². The number of hydrogen-bond acceptors (Lipinski definition) is 4. The minimum atomic E-state index is -4.67. The van der Waals surface area contributed by atoms with Gasteiger partial charge >= 0.3 is 6.18 Å². The summed E-state index contributed by atoms with van der Waals surface area (Å²) < 4.78 is 42.6. The molecular formula is C27H25ClF3N5O. The number of carbonyl (C=O) groups excluding carboxylic acids is 1. The van der Waals surface area contributed by atoms with E-state index >= 15 is 0 Å². The molecule has 1 amide bonds. The van der Waals surface area contributed by atoms with Gasteiger partial charge in [-0.15, -0.1) is 0 Å². The molecule has 0 N–H and O–H groups in total. The quantitative estimate of drug-likeness (QED) is 0.344. The van der Waals surface area contributed by atoms with Crippen molar-refractivity contribution < 1.29 is 18.0 Å². The van der Waals surface area contributed by atoms with Crippen LogP contribution in [0.2, 0.25) is 5.02 Å². The summed E-state index contributed by atoms with van der Waals surface area (Å²) in [5, 5.41) is 4.72. The lowest BCUT2D eigenvalue weighted by Gasteiger charge is -2.34. The average molecular weight is 528 g/mol. The molecule has 2 aromatic carbocycles. The van der Waals surface area contributed by atoms with Crippen LogP contribution in [0, 0.1) is 13.8 Å². The molecule has 0 spiro atoms. The maximum Gasteiger partial charge on any atom is 0.433 e. The van der Waals surface area contributed by atoms with Gasteiger partial charge in [-0.1, -0.05) is 41.9 Å². The maximum absolute atomic E-state index is 14.0. The number of carbonyl (C=O) groups is 1. The van der Waals surface area contributed by atoms with Crippen molar-refractivity contribution in [2.45, 2.75) is 26.6 Å². The zero-order valence-corrected chi connectivity index (χ0v) is 21.1. The minimum absolute atomic E-state index is 0.0243. The van der Waals surface area contributed by atoms with E-state index in [4.69, 9.17) is 11.6 Å². The lowest BCUT2D eigenvalue weighted by Crippen LogP contribution is -2.48. The summed E-state index contributed by atoms with van der Waals surface area (Å²) in [6, 6.07) is 15.3. The number of rotatable bonds is 4. The third-order valence-corrected chi connectivity index (χ3v) is 7.12. The van der Waals surface area contributed by atoms with E-state index in [2.05, 4.69) is 15.0 Å². The molecule has 0 atom stereocenters. The number of amides is 1. The van der Waals surface area contributed by atoms with Crippen LogP contribution in [-0.2, 0) is 12.7 Å². The highest BCUT2D eigenvalue weighted by Gasteiger charge is 2.36. The van der Waals surface area contributed by atoms with Crippen molar-refractivity contribution >= 4 is 23.2 Å². The first-order chi connectivity index (χ1) is 17.6. The largest absolute Gasteiger partial charge is 0.433 e. The third kappa shape index (κ3) is 5.19. The fraction of sp³-hybridized carbons (Fsp3) is 0.296. The fourth-order valence-corrected chi connectivity index (χ4v) is 4.66. The third-order valence-electron chi connectivity index (χ3n) is 6.75. The Hall–Kier alpha value is -3.43. The van der Waals surface area contributed by atoms with Crippen LogP contribution in [0.3, 0.4) is 0 Å². The van der Waals surface area contributed by atoms with Crippen LogP contribution in [0.5, 0.6) is 0 Å². The molecule has 2 aromatic heterocycles. The number of alkyl halides is 3. The molecule has 0 bridgehead atoms. The Balaban J connectivity index is 1.39. The molecule has 0 aliphatic carbocycles. The normalized spacial score (nSPS) is 14.9. The molecule has 1 aliphatic rings. The second kappa shape index (κ2) is 9.79. The van der Waals surface area contributed by atoms with Crippen molar-refractivity contribution in [2.24, 2.45) is 0 Å². The van der Waals surface area contributed by atoms with Crippen LogP contribution in [0.1, 0.15) is 32.9 Å². The van der Waals surface area contributed by atoms with Crippen molar-refractivity contribution in [1.82, 2.24) is 24.4 Å². The Morgan fingerprint density at radius 3 is 2.38 bits per heavy atom. The lowest BCUT2D eigenvalue weighted by atomic mass is 10.0. The predicted octanol–water partition coefficient (Wildman–Crippen LogP) is 5.64. The van der Waals surface area contributed by atoms with Gasteiger partial charge in [-0.25, -0.2) is 9.50 Å². The molecule has 0 unspecified atom stereocenters. The van der Waals surface area contributed by atoms with Crippen LogP contribution >= 0.6 is 11.6 Å². The van der Waals surface area contributed by atoms with Gasteiger partial charge < -0.3 is 4.90 Å². The van der Waals surface area contributed by atoms with E-state index in [0.29, 0.717) is 47.8 Å². The summed E-state index contributed by atoms with van der Waals surface area (Å²) >= 11 is 6.26. The van der Waals surface area contributed by atoms with Gasteiger partial charge in [0.25, 0.3) is 5.91 Å². The van der Waals surface area contributed by atoms with E-state index in [-0.39, 0.29) is 17.0 Å². The molecular weight excluding hydrogens is 503 g/mol. The minimum Gasteiger partial charge on any atom is -0.335 e.